The topological polar surface area (TPSA) is 69.7 Å². The van der Waals surface area contributed by atoms with Crippen molar-refractivity contribution < 1.29 is 23.2 Å². The Kier molecular flexibility index (Phi) is 1.98. The third-order valence-corrected chi connectivity index (χ3v) is 2.38. The number of esters is 2. The monoisotopic (exact) mass is 230 g/mol. The fourth-order valence-electron chi connectivity index (χ4n) is 1.68. The van der Waals surface area contributed by atoms with Crippen LogP contribution < -0.4 is 0 Å². The maximum absolute atomic E-state index is 11.6. The number of rotatable bonds is 2. The van der Waals surface area contributed by atoms with Crippen molar-refractivity contribution in [3.05, 3.63) is 48.3 Å². The molecule has 3 rings (SSSR count). The van der Waals surface area contributed by atoms with Gasteiger partial charge in [-0.1, -0.05) is 0 Å². The fourth-order valence-corrected chi connectivity index (χ4v) is 1.68. The van der Waals surface area contributed by atoms with Crippen LogP contribution in [0.4, 0.5) is 0 Å². The van der Waals surface area contributed by atoms with E-state index in [9.17, 15) is 9.59 Å². The molecule has 0 spiro atoms. The first-order chi connectivity index (χ1) is 8.27. The quantitative estimate of drug-likeness (QED) is 0.581. The standard InChI is InChI=1S/C12H6O5/c13-11-9(7-3-1-5-15-7)10(12(14)17-11)8-4-2-6-16-8/h1-6H. The number of furan rings is 2. The lowest BCUT2D eigenvalue weighted by Crippen LogP contribution is -2.01. The summed E-state index contributed by atoms with van der Waals surface area (Å²) in [6.07, 6.45) is 2.83. The zero-order valence-electron chi connectivity index (χ0n) is 8.51. The highest BCUT2D eigenvalue weighted by atomic mass is 16.6. The molecule has 0 atom stereocenters. The van der Waals surface area contributed by atoms with E-state index in [4.69, 9.17) is 8.83 Å². The summed E-state index contributed by atoms with van der Waals surface area (Å²) in [5.74, 6) is -0.882. The molecule has 0 amide bonds. The van der Waals surface area contributed by atoms with Crippen LogP contribution in [0.25, 0.3) is 11.1 Å². The minimum absolute atomic E-state index is 0.0925. The Morgan fingerprint density at radius 3 is 1.59 bits per heavy atom. The van der Waals surface area contributed by atoms with Gasteiger partial charge in [0.25, 0.3) is 0 Å². The van der Waals surface area contributed by atoms with E-state index in [1.807, 2.05) is 0 Å². The first-order valence-electron chi connectivity index (χ1n) is 4.86. The van der Waals surface area contributed by atoms with Crippen molar-refractivity contribution in [1.29, 1.82) is 0 Å². The highest BCUT2D eigenvalue weighted by molar-refractivity contribution is 6.44. The van der Waals surface area contributed by atoms with Crippen LogP contribution in [0.2, 0.25) is 0 Å². The zero-order chi connectivity index (χ0) is 11.8. The highest BCUT2D eigenvalue weighted by Crippen LogP contribution is 2.34. The van der Waals surface area contributed by atoms with E-state index < -0.39 is 11.9 Å². The molecule has 1 aliphatic rings. The van der Waals surface area contributed by atoms with Crippen molar-refractivity contribution in [3.63, 3.8) is 0 Å². The fraction of sp³-hybridized carbons (Fsp3) is 0. The SMILES string of the molecule is O=C1OC(=O)C(c2ccco2)=C1c1ccco1. The van der Waals surface area contributed by atoms with Gasteiger partial charge in [-0.05, 0) is 24.3 Å². The molecule has 5 heteroatoms. The van der Waals surface area contributed by atoms with Crippen LogP contribution in [0.15, 0.2) is 45.6 Å². The molecule has 2 aromatic heterocycles. The normalized spacial score (nSPS) is 15.5. The predicted octanol–water partition coefficient (Wildman–Crippen LogP) is 1.87. The molecule has 0 fully saturated rings. The van der Waals surface area contributed by atoms with E-state index in [0.717, 1.165) is 0 Å². The average molecular weight is 230 g/mol. The van der Waals surface area contributed by atoms with Gasteiger partial charge < -0.3 is 13.6 Å². The molecule has 3 heterocycles. The average Bonchev–Trinajstić information content (AvgIpc) is 2.98. The third kappa shape index (κ3) is 1.40. The van der Waals surface area contributed by atoms with Gasteiger partial charge in [0.05, 0.1) is 12.5 Å². The van der Waals surface area contributed by atoms with Crippen LogP contribution in [0.3, 0.4) is 0 Å². The molecular formula is C12H6O5. The van der Waals surface area contributed by atoms with E-state index in [-0.39, 0.29) is 22.7 Å². The van der Waals surface area contributed by atoms with Gasteiger partial charge >= 0.3 is 11.9 Å². The Balaban J connectivity index is 2.24. The first kappa shape index (κ1) is 9.65. The minimum Gasteiger partial charge on any atom is -0.464 e. The minimum atomic E-state index is -0.726. The molecule has 0 aromatic carbocycles. The van der Waals surface area contributed by atoms with Gasteiger partial charge in [0.1, 0.15) is 22.7 Å². The molecule has 0 unspecified atom stereocenters. The molecule has 17 heavy (non-hydrogen) atoms. The lowest BCUT2D eigenvalue weighted by molar-refractivity contribution is -0.149. The molecule has 0 saturated heterocycles. The smallest absolute Gasteiger partial charge is 0.350 e. The van der Waals surface area contributed by atoms with E-state index in [1.165, 1.54) is 12.5 Å². The summed E-state index contributed by atoms with van der Waals surface area (Å²) in [6.45, 7) is 0. The zero-order valence-corrected chi connectivity index (χ0v) is 8.51. The number of ether oxygens (including phenoxy) is 1. The van der Waals surface area contributed by atoms with Crippen LogP contribution >= 0.6 is 0 Å². The summed E-state index contributed by atoms with van der Waals surface area (Å²) >= 11 is 0. The van der Waals surface area contributed by atoms with Crippen molar-refractivity contribution in [1.82, 2.24) is 0 Å². The molecule has 2 aromatic rings. The van der Waals surface area contributed by atoms with Crippen molar-refractivity contribution in [2.75, 3.05) is 0 Å². The van der Waals surface area contributed by atoms with Gasteiger partial charge in [-0.3, -0.25) is 0 Å². The Morgan fingerprint density at radius 1 is 0.765 bits per heavy atom. The van der Waals surface area contributed by atoms with E-state index in [1.54, 1.807) is 24.3 Å². The molecule has 0 radical (unpaired) electrons. The summed E-state index contributed by atoms with van der Waals surface area (Å²) < 4.78 is 14.8. The van der Waals surface area contributed by atoms with Crippen LogP contribution in [0.5, 0.6) is 0 Å². The van der Waals surface area contributed by atoms with Crippen LogP contribution in [-0.4, -0.2) is 11.9 Å². The second kappa shape index (κ2) is 3.48. The Hall–Kier alpha value is -2.56. The summed E-state index contributed by atoms with van der Waals surface area (Å²) in [4.78, 5) is 23.2. The lowest BCUT2D eigenvalue weighted by atomic mass is 10.1. The third-order valence-electron chi connectivity index (χ3n) is 2.38. The Labute approximate surface area is 95.3 Å². The van der Waals surface area contributed by atoms with Gasteiger partial charge in [0.2, 0.25) is 0 Å². The summed E-state index contributed by atoms with van der Waals surface area (Å²) in [6, 6.07) is 6.41. The number of hydrogen-bond acceptors (Lipinski definition) is 5. The number of hydrogen-bond donors (Lipinski definition) is 0. The van der Waals surface area contributed by atoms with Crippen LogP contribution in [-0.2, 0) is 14.3 Å². The Morgan fingerprint density at radius 2 is 1.24 bits per heavy atom. The van der Waals surface area contributed by atoms with E-state index in [0.29, 0.717) is 0 Å². The van der Waals surface area contributed by atoms with E-state index >= 15 is 0 Å². The summed E-state index contributed by atoms with van der Waals surface area (Å²) in [5.41, 5.74) is 0.185. The highest BCUT2D eigenvalue weighted by Gasteiger charge is 2.37. The van der Waals surface area contributed by atoms with Gasteiger partial charge in [-0.15, -0.1) is 0 Å². The second-order valence-corrected chi connectivity index (χ2v) is 3.38. The first-order valence-corrected chi connectivity index (χ1v) is 4.86. The molecule has 0 bridgehead atoms. The Bertz CT molecular complexity index is 547. The van der Waals surface area contributed by atoms with Gasteiger partial charge in [0.15, 0.2) is 0 Å². The van der Waals surface area contributed by atoms with Crippen molar-refractivity contribution in [2.24, 2.45) is 0 Å². The van der Waals surface area contributed by atoms with Gasteiger partial charge in [-0.25, -0.2) is 9.59 Å². The largest absolute Gasteiger partial charge is 0.464 e. The summed E-state index contributed by atoms with van der Waals surface area (Å²) in [5, 5.41) is 0. The lowest BCUT2D eigenvalue weighted by Gasteiger charge is -1.95. The van der Waals surface area contributed by atoms with Crippen molar-refractivity contribution in [3.8, 4) is 0 Å². The van der Waals surface area contributed by atoms with E-state index in [2.05, 4.69) is 4.74 Å². The summed E-state index contributed by atoms with van der Waals surface area (Å²) in [7, 11) is 0. The van der Waals surface area contributed by atoms with Crippen molar-refractivity contribution in [2.45, 2.75) is 0 Å². The maximum Gasteiger partial charge on any atom is 0.350 e. The number of cyclic esters (lactones) is 2. The molecule has 84 valence electrons. The van der Waals surface area contributed by atoms with Gasteiger partial charge in [0, 0.05) is 0 Å². The molecule has 1 aliphatic heterocycles. The van der Waals surface area contributed by atoms with Crippen LogP contribution in [0, 0.1) is 0 Å². The molecule has 0 N–H and O–H groups in total. The number of carbonyl (C=O) groups is 2. The van der Waals surface area contributed by atoms with Crippen LogP contribution in [0.1, 0.15) is 11.5 Å². The molecular weight excluding hydrogens is 224 g/mol. The number of carbonyl (C=O) groups excluding carboxylic acids is 2. The van der Waals surface area contributed by atoms with Gasteiger partial charge in [-0.2, -0.15) is 0 Å². The second-order valence-electron chi connectivity index (χ2n) is 3.38. The molecule has 0 saturated carbocycles. The maximum atomic E-state index is 11.6. The van der Waals surface area contributed by atoms with Crippen molar-refractivity contribution >= 4 is 23.1 Å². The molecule has 5 nitrogen and oxygen atoms in total. The molecule has 0 aliphatic carbocycles. The predicted molar refractivity (Wildman–Crippen MR) is 55.3 cm³/mol.